The second-order valence-corrected chi connectivity index (χ2v) is 5.80. The zero-order chi connectivity index (χ0) is 16.0. The number of oxime groups is 1. The molecule has 0 radical (unpaired) electrons. The normalized spacial score (nSPS) is 14.8. The van der Waals surface area contributed by atoms with Crippen LogP contribution in [0.3, 0.4) is 0 Å². The van der Waals surface area contributed by atoms with Gasteiger partial charge in [-0.2, -0.15) is 0 Å². The number of amides is 1. The fourth-order valence-corrected chi connectivity index (χ4v) is 2.40. The minimum Gasteiger partial charge on any atom is -0.409 e. The van der Waals surface area contributed by atoms with Crippen LogP contribution in [0.15, 0.2) is 35.5 Å². The predicted octanol–water partition coefficient (Wildman–Crippen LogP) is 2.41. The van der Waals surface area contributed by atoms with Gasteiger partial charge in [-0.3, -0.25) is 4.79 Å². The Kier molecular flexibility index (Phi) is 6.21. The van der Waals surface area contributed by atoms with Gasteiger partial charge in [-0.15, -0.1) is 0 Å². The van der Waals surface area contributed by atoms with E-state index in [0.717, 1.165) is 12.0 Å². The molecule has 0 saturated heterocycles. The van der Waals surface area contributed by atoms with Gasteiger partial charge in [0.2, 0.25) is 5.91 Å². The Morgan fingerprint density at radius 3 is 2.33 bits per heavy atom. The Morgan fingerprint density at radius 1 is 1.29 bits per heavy atom. The summed E-state index contributed by atoms with van der Waals surface area (Å²) in [6, 6.07) is 9.23. The van der Waals surface area contributed by atoms with Gasteiger partial charge in [-0.1, -0.05) is 49.3 Å². The molecule has 116 valence electrons. The van der Waals surface area contributed by atoms with Crippen LogP contribution in [-0.2, 0) is 4.79 Å². The number of hydrogen-bond acceptors (Lipinski definition) is 3. The minimum absolute atomic E-state index is 0.0882. The average Bonchev–Trinajstić information content (AvgIpc) is 2.46. The highest BCUT2D eigenvalue weighted by atomic mass is 16.4. The molecule has 0 bridgehead atoms. The molecule has 1 rings (SSSR count). The van der Waals surface area contributed by atoms with Crippen molar-refractivity contribution in [2.24, 2.45) is 16.8 Å². The Morgan fingerprint density at radius 2 is 1.86 bits per heavy atom. The topological polar surface area (TPSA) is 78.9 Å². The largest absolute Gasteiger partial charge is 0.409 e. The lowest BCUT2D eigenvalue weighted by Crippen LogP contribution is -2.43. The molecule has 0 aliphatic heterocycles. The van der Waals surface area contributed by atoms with Crippen molar-refractivity contribution < 1.29 is 10.0 Å². The number of carbonyl (C=O) groups is 1. The van der Waals surface area contributed by atoms with E-state index in [9.17, 15) is 4.79 Å². The van der Waals surface area contributed by atoms with Crippen LogP contribution in [0.1, 0.15) is 38.7 Å². The summed E-state index contributed by atoms with van der Waals surface area (Å²) in [5, 5.41) is 12.0. The van der Waals surface area contributed by atoms with Crippen LogP contribution < -0.4 is 5.73 Å². The molecule has 0 heterocycles. The van der Waals surface area contributed by atoms with E-state index < -0.39 is 5.92 Å². The fraction of sp³-hybridized carbons (Fsp3) is 0.500. The lowest BCUT2D eigenvalue weighted by molar-refractivity contribution is -0.132. The fourth-order valence-electron chi connectivity index (χ4n) is 2.40. The number of likely N-dealkylation sites (N-methyl/N-ethyl adjacent to an activating group) is 1. The molecule has 0 aliphatic rings. The summed E-state index contributed by atoms with van der Waals surface area (Å²) in [7, 11) is 1.76. The van der Waals surface area contributed by atoms with E-state index in [1.165, 1.54) is 0 Å². The van der Waals surface area contributed by atoms with Crippen LogP contribution >= 0.6 is 0 Å². The number of amidine groups is 1. The van der Waals surface area contributed by atoms with Gasteiger partial charge in [-0.05, 0) is 24.8 Å². The van der Waals surface area contributed by atoms with Gasteiger partial charge in [0.1, 0.15) is 5.92 Å². The highest BCUT2D eigenvalue weighted by molar-refractivity contribution is 6.07. The van der Waals surface area contributed by atoms with Crippen molar-refractivity contribution in [1.29, 1.82) is 0 Å². The monoisotopic (exact) mass is 291 g/mol. The Labute approximate surface area is 126 Å². The van der Waals surface area contributed by atoms with Crippen LogP contribution in [0.2, 0.25) is 0 Å². The van der Waals surface area contributed by atoms with Crippen LogP contribution in [0, 0.1) is 5.92 Å². The molecular weight excluding hydrogens is 266 g/mol. The molecule has 0 aromatic heterocycles. The molecule has 1 aromatic rings. The van der Waals surface area contributed by atoms with Crippen molar-refractivity contribution >= 4 is 11.7 Å². The standard InChI is InChI=1S/C16H25N3O2/c1-11(2)10-12(3)19(4)16(20)14(15(17)18-21)13-8-6-5-7-9-13/h5-9,11-12,14,21H,10H2,1-4H3,(H2,17,18). The van der Waals surface area contributed by atoms with Gasteiger partial charge in [0.25, 0.3) is 0 Å². The number of benzene rings is 1. The van der Waals surface area contributed by atoms with Crippen molar-refractivity contribution in [1.82, 2.24) is 4.90 Å². The van der Waals surface area contributed by atoms with Gasteiger partial charge >= 0.3 is 0 Å². The average molecular weight is 291 g/mol. The number of hydrogen-bond donors (Lipinski definition) is 2. The van der Waals surface area contributed by atoms with E-state index in [2.05, 4.69) is 19.0 Å². The first-order valence-corrected chi connectivity index (χ1v) is 7.17. The summed E-state index contributed by atoms with van der Waals surface area (Å²) in [4.78, 5) is 14.4. The Bertz CT molecular complexity index is 486. The first-order chi connectivity index (χ1) is 9.88. The number of nitrogens with two attached hydrogens (primary N) is 1. The summed E-state index contributed by atoms with van der Waals surface area (Å²) in [5.41, 5.74) is 6.47. The quantitative estimate of drug-likeness (QED) is 0.365. The molecule has 2 atom stereocenters. The van der Waals surface area contributed by atoms with Gasteiger partial charge < -0.3 is 15.8 Å². The molecular formula is C16H25N3O2. The van der Waals surface area contributed by atoms with Crippen molar-refractivity contribution in [3.05, 3.63) is 35.9 Å². The maximum Gasteiger partial charge on any atom is 0.237 e. The van der Waals surface area contributed by atoms with Gasteiger partial charge in [0.05, 0.1) is 0 Å². The zero-order valence-corrected chi connectivity index (χ0v) is 13.2. The van der Waals surface area contributed by atoms with Crippen LogP contribution in [-0.4, -0.2) is 34.9 Å². The smallest absolute Gasteiger partial charge is 0.237 e. The second-order valence-electron chi connectivity index (χ2n) is 5.80. The SMILES string of the molecule is CC(C)CC(C)N(C)C(=O)C(C(N)=NO)c1ccccc1. The molecule has 0 fully saturated rings. The van der Waals surface area contributed by atoms with Crippen molar-refractivity contribution in [3.63, 3.8) is 0 Å². The van der Waals surface area contributed by atoms with E-state index in [0.29, 0.717) is 5.92 Å². The molecule has 2 unspecified atom stereocenters. The molecule has 3 N–H and O–H groups in total. The van der Waals surface area contributed by atoms with Crippen LogP contribution in [0.5, 0.6) is 0 Å². The molecule has 1 aromatic carbocycles. The van der Waals surface area contributed by atoms with Crippen molar-refractivity contribution in [2.75, 3.05) is 7.05 Å². The highest BCUT2D eigenvalue weighted by Crippen LogP contribution is 2.21. The number of rotatable bonds is 6. The zero-order valence-electron chi connectivity index (χ0n) is 13.2. The third-order valence-electron chi connectivity index (χ3n) is 3.61. The van der Waals surface area contributed by atoms with Crippen LogP contribution in [0.4, 0.5) is 0 Å². The second kappa shape index (κ2) is 7.67. The molecule has 0 aliphatic carbocycles. The third-order valence-corrected chi connectivity index (χ3v) is 3.61. The van der Waals surface area contributed by atoms with E-state index >= 15 is 0 Å². The Balaban J connectivity index is 3.02. The Hall–Kier alpha value is -2.04. The minimum atomic E-state index is -0.754. The summed E-state index contributed by atoms with van der Waals surface area (Å²) >= 11 is 0. The molecule has 1 amide bonds. The van der Waals surface area contributed by atoms with Gasteiger partial charge in [0.15, 0.2) is 5.84 Å². The third kappa shape index (κ3) is 4.48. The van der Waals surface area contributed by atoms with E-state index in [-0.39, 0.29) is 17.8 Å². The lowest BCUT2D eigenvalue weighted by Gasteiger charge is -2.29. The van der Waals surface area contributed by atoms with Crippen molar-refractivity contribution in [2.45, 2.75) is 39.2 Å². The summed E-state index contributed by atoms with van der Waals surface area (Å²) in [6.45, 7) is 6.24. The predicted molar refractivity (Wildman–Crippen MR) is 84.3 cm³/mol. The molecule has 0 saturated carbocycles. The van der Waals surface area contributed by atoms with E-state index in [1.54, 1.807) is 11.9 Å². The summed E-state index contributed by atoms with van der Waals surface area (Å²) < 4.78 is 0. The van der Waals surface area contributed by atoms with E-state index in [4.69, 9.17) is 10.9 Å². The summed E-state index contributed by atoms with van der Waals surface area (Å²) in [6.07, 6.45) is 0.903. The lowest BCUT2D eigenvalue weighted by atomic mass is 9.95. The van der Waals surface area contributed by atoms with Gasteiger partial charge in [-0.25, -0.2) is 0 Å². The van der Waals surface area contributed by atoms with Crippen LogP contribution in [0.25, 0.3) is 0 Å². The molecule has 21 heavy (non-hydrogen) atoms. The number of nitrogens with zero attached hydrogens (tertiary/aromatic N) is 2. The summed E-state index contributed by atoms with van der Waals surface area (Å²) in [5.74, 6) is -0.510. The highest BCUT2D eigenvalue weighted by Gasteiger charge is 2.30. The maximum absolute atomic E-state index is 12.7. The first kappa shape index (κ1) is 17.0. The number of carbonyl (C=O) groups excluding carboxylic acids is 1. The molecule has 0 spiro atoms. The maximum atomic E-state index is 12.7. The molecule has 5 nitrogen and oxygen atoms in total. The molecule has 5 heteroatoms. The van der Waals surface area contributed by atoms with Gasteiger partial charge in [0, 0.05) is 13.1 Å². The first-order valence-electron chi connectivity index (χ1n) is 7.17. The van der Waals surface area contributed by atoms with Crippen molar-refractivity contribution in [3.8, 4) is 0 Å². The van der Waals surface area contributed by atoms with E-state index in [1.807, 2.05) is 37.3 Å².